The summed E-state index contributed by atoms with van der Waals surface area (Å²) in [6, 6.07) is 12.8. The Balaban J connectivity index is 1.46. The Hall–Kier alpha value is -1.69. The van der Waals surface area contributed by atoms with Gasteiger partial charge in [0.1, 0.15) is 5.76 Å². The van der Waals surface area contributed by atoms with Crippen LogP contribution in [0.5, 0.6) is 0 Å². The minimum absolute atomic E-state index is 0.532. The number of nitrogens with one attached hydrogen (secondary N) is 1. The van der Waals surface area contributed by atoms with Crippen molar-refractivity contribution in [2.24, 2.45) is 0 Å². The SMILES string of the molecule is c1ccc2sc(-c3ccc(CNC4CCOCC4)o3)nc2c1. The summed E-state index contributed by atoms with van der Waals surface area (Å²) < 4.78 is 12.5. The number of nitrogens with zero attached hydrogens (tertiary/aromatic N) is 1. The fourth-order valence-corrected chi connectivity index (χ4v) is 3.64. The Kier molecular flexibility index (Phi) is 3.93. The van der Waals surface area contributed by atoms with Crippen LogP contribution >= 0.6 is 11.3 Å². The molecule has 1 fully saturated rings. The van der Waals surface area contributed by atoms with Crippen LogP contribution in [-0.4, -0.2) is 24.2 Å². The highest BCUT2D eigenvalue weighted by Crippen LogP contribution is 2.31. The monoisotopic (exact) mass is 314 g/mol. The normalized spacial score (nSPS) is 16.4. The molecule has 5 heteroatoms. The zero-order valence-corrected chi connectivity index (χ0v) is 13.1. The van der Waals surface area contributed by atoms with Gasteiger partial charge in [0.15, 0.2) is 10.8 Å². The van der Waals surface area contributed by atoms with Crippen LogP contribution in [0, 0.1) is 0 Å². The summed E-state index contributed by atoms with van der Waals surface area (Å²) in [5.41, 5.74) is 1.03. The second-order valence-corrected chi connectivity index (χ2v) is 6.55. The molecule has 0 bridgehead atoms. The maximum absolute atomic E-state index is 5.94. The van der Waals surface area contributed by atoms with Gasteiger partial charge in [-0.2, -0.15) is 0 Å². The summed E-state index contributed by atoms with van der Waals surface area (Å²) in [4.78, 5) is 4.63. The molecule has 0 saturated carbocycles. The maximum atomic E-state index is 5.94. The molecule has 4 rings (SSSR count). The van der Waals surface area contributed by atoms with Gasteiger partial charge >= 0.3 is 0 Å². The first-order valence-corrected chi connectivity index (χ1v) is 8.46. The lowest BCUT2D eigenvalue weighted by atomic mass is 10.1. The van der Waals surface area contributed by atoms with Gasteiger partial charge in [-0.05, 0) is 37.1 Å². The molecule has 0 atom stereocenters. The van der Waals surface area contributed by atoms with Crippen molar-refractivity contribution in [2.45, 2.75) is 25.4 Å². The zero-order valence-electron chi connectivity index (χ0n) is 12.2. The minimum Gasteiger partial charge on any atom is -0.457 e. The van der Waals surface area contributed by atoms with E-state index in [9.17, 15) is 0 Å². The molecule has 22 heavy (non-hydrogen) atoms. The van der Waals surface area contributed by atoms with E-state index in [2.05, 4.69) is 16.4 Å². The molecule has 3 aromatic rings. The van der Waals surface area contributed by atoms with E-state index in [1.165, 1.54) is 4.70 Å². The third kappa shape index (κ3) is 2.92. The van der Waals surface area contributed by atoms with Crippen LogP contribution in [0.1, 0.15) is 18.6 Å². The average molecular weight is 314 g/mol. The van der Waals surface area contributed by atoms with E-state index in [0.717, 1.165) is 54.6 Å². The summed E-state index contributed by atoms with van der Waals surface area (Å²) in [7, 11) is 0. The average Bonchev–Trinajstić information content (AvgIpc) is 3.20. The van der Waals surface area contributed by atoms with Gasteiger partial charge in [0.05, 0.1) is 16.8 Å². The Bertz CT molecular complexity index is 726. The van der Waals surface area contributed by atoms with Crippen LogP contribution in [0.4, 0.5) is 0 Å². The quantitative estimate of drug-likeness (QED) is 0.795. The van der Waals surface area contributed by atoms with Crippen LogP contribution in [-0.2, 0) is 11.3 Å². The molecule has 1 aliphatic heterocycles. The highest BCUT2D eigenvalue weighted by atomic mass is 32.1. The molecule has 1 N–H and O–H groups in total. The van der Waals surface area contributed by atoms with Crippen molar-refractivity contribution in [3.05, 3.63) is 42.2 Å². The van der Waals surface area contributed by atoms with Gasteiger partial charge in [0.2, 0.25) is 0 Å². The Labute approximate surface area is 133 Å². The Morgan fingerprint density at radius 1 is 1.14 bits per heavy atom. The van der Waals surface area contributed by atoms with E-state index in [0.29, 0.717) is 6.04 Å². The largest absolute Gasteiger partial charge is 0.457 e. The van der Waals surface area contributed by atoms with Crippen molar-refractivity contribution in [1.29, 1.82) is 0 Å². The van der Waals surface area contributed by atoms with Crippen molar-refractivity contribution >= 4 is 21.6 Å². The number of thiazole rings is 1. The summed E-state index contributed by atoms with van der Waals surface area (Å²) >= 11 is 1.67. The van der Waals surface area contributed by atoms with Gasteiger partial charge in [-0.25, -0.2) is 4.98 Å². The van der Waals surface area contributed by atoms with Crippen LogP contribution in [0.15, 0.2) is 40.8 Å². The number of para-hydroxylation sites is 1. The topological polar surface area (TPSA) is 47.3 Å². The molecule has 1 aliphatic rings. The van der Waals surface area contributed by atoms with E-state index in [-0.39, 0.29) is 0 Å². The number of hydrogen-bond donors (Lipinski definition) is 1. The molecular weight excluding hydrogens is 296 g/mol. The third-order valence-electron chi connectivity index (χ3n) is 3.95. The number of fused-ring (bicyclic) bond motifs is 1. The number of furan rings is 1. The Morgan fingerprint density at radius 3 is 2.86 bits per heavy atom. The molecule has 4 nitrogen and oxygen atoms in total. The number of hydrogen-bond acceptors (Lipinski definition) is 5. The fourth-order valence-electron chi connectivity index (χ4n) is 2.71. The van der Waals surface area contributed by atoms with Gasteiger partial charge in [0, 0.05) is 19.3 Å². The van der Waals surface area contributed by atoms with E-state index in [4.69, 9.17) is 9.15 Å². The van der Waals surface area contributed by atoms with Crippen molar-refractivity contribution in [2.75, 3.05) is 13.2 Å². The van der Waals surface area contributed by atoms with E-state index in [1.807, 2.05) is 30.3 Å². The molecule has 1 aromatic carbocycles. The minimum atomic E-state index is 0.532. The lowest BCUT2D eigenvalue weighted by Crippen LogP contribution is -2.34. The van der Waals surface area contributed by atoms with Crippen LogP contribution in [0.3, 0.4) is 0 Å². The smallest absolute Gasteiger partial charge is 0.163 e. The summed E-state index contributed by atoms with van der Waals surface area (Å²) in [6.45, 7) is 2.47. The molecule has 1 saturated heterocycles. The standard InChI is InChI=1S/C17H18N2O2S/c1-2-4-16-14(3-1)19-17(22-16)15-6-5-13(21-15)11-18-12-7-9-20-10-8-12/h1-6,12,18H,7-11H2. The molecule has 0 aliphatic carbocycles. The first-order valence-electron chi connectivity index (χ1n) is 7.64. The third-order valence-corrected chi connectivity index (χ3v) is 5.00. The number of ether oxygens (including phenoxy) is 1. The lowest BCUT2D eigenvalue weighted by Gasteiger charge is -2.22. The molecule has 0 unspecified atom stereocenters. The molecule has 114 valence electrons. The first-order chi connectivity index (χ1) is 10.9. The van der Waals surface area contributed by atoms with E-state index < -0.39 is 0 Å². The summed E-state index contributed by atoms with van der Waals surface area (Å²) in [5.74, 6) is 1.81. The molecule has 0 amide bonds. The lowest BCUT2D eigenvalue weighted by molar-refractivity contribution is 0.0771. The molecule has 3 heterocycles. The van der Waals surface area contributed by atoms with Gasteiger partial charge in [-0.1, -0.05) is 12.1 Å². The van der Waals surface area contributed by atoms with Crippen molar-refractivity contribution in [3.8, 4) is 10.8 Å². The van der Waals surface area contributed by atoms with Gasteiger partial charge in [-0.3, -0.25) is 0 Å². The van der Waals surface area contributed by atoms with Crippen LogP contribution in [0.25, 0.3) is 21.0 Å². The predicted molar refractivity (Wildman–Crippen MR) is 88.0 cm³/mol. The predicted octanol–water partition coefficient (Wildman–Crippen LogP) is 3.82. The van der Waals surface area contributed by atoms with Crippen molar-refractivity contribution in [1.82, 2.24) is 10.3 Å². The zero-order chi connectivity index (χ0) is 14.8. The molecule has 2 aromatic heterocycles. The van der Waals surface area contributed by atoms with E-state index in [1.54, 1.807) is 11.3 Å². The van der Waals surface area contributed by atoms with E-state index >= 15 is 0 Å². The summed E-state index contributed by atoms with van der Waals surface area (Å²) in [5, 5.41) is 4.48. The molecule has 0 radical (unpaired) electrons. The number of benzene rings is 1. The molecule has 0 spiro atoms. The first kappa shape index (κ1) is 13.9. The summed E-state index contributed by atoms with van der Waals surface area (Å²) in [6.07, 6.45) is 2.15. The maximum Gasteiger partial charge on any atom is 0.163 e. The van der Waals surface area contributed by atoms with Crippen LogP contribution in [0.2, 0.25) is 0 Å². The van der Waals surface area contributed by atoms with Gasteiger partial charge < -0.3 is 14.5 Å². The van der Waals surface area contributed by atoms with Gasteiger partial charge in [0.25, 0.3) is 0 Å². The van der Waals surface area contributed by atoms with Crippen molar-refractivity contribution < 1.29 is 9.15 Å². The highest BCUT2D eigenvalue weighted by molar-refractivity contribution is 7.21. The second-order valence-electron chi connectivity index (χ2n) is 5.52. The van der Waals surface area contributed by atoms with Crippen LogP contribution < -0.4 is 5.32 Å². The van der Waals surface area contributed by atoms with Crippen molar-refractivity contribution in [3.63, 3.8) is 0 Å². The number of rotatable bonds is 4. The fraction of sp³-hybridized carbons (Fsp3) is 0.353. The van der Waals surface area contributed by atoms with Gasteiger partial charge in [-0.15, -0.1) is 11.3 Å². The highest BCUT2D eigenvalue weighted by Gasteiger charge is 2.14. The molecular formula is C17H18N2O2S. The second kappa shape index (κ2) is 6.20. The Morgan fingerprint density at radius 2 is 2.00 bits per heavy atom. The number of aromatic nitrogens is 1.